The molecule has 1 aromatic rings. The molecular weight excluding hydrogens is 188 g/mol. The number of hydrogen-bond acceptors (Lipinski definition) is 4. The van der Waals surface area contributed by atoms with Crippen molar-refractivity contribution in [3.8, 4) is 0 Å². The van der Waals surface area contributed by atoms with Gasteiger partial charge in [0.2, 0.25) is 0 Å². The second-order valence-electron chi connectivity index (χ2n) is 4.79. The highest BCUT2D eigenvalue weighted by atomic mass is 15.1. The Kier molecular flexibility index (Phi) is 2.21. The van der Waals surface area contributed by atoms with Gasteiger partial charge in [0.25, 0.3) is 0 Å². The molecule has 15 heavy (non-hydrogen) atoms. The van der Waals surface area contributed by atoms with Crippen LogP contribution in [0.2, 0.25) is 0 Å². The molecule has 0 amide bonds. The number of nitrogens with two attached hydrogens (primary N) is 2. The van der Waals surface area contributed by atoms with Gasteiger partial charge in [-0.05, 0) is 44.7 Å². The smallest absolute Gasteiger partial charge is 0.149 e. The first kappa shape index (κ1) is 10.1. The van der Waals surface area contributed by atoms with Crippen LogP contribution < -0.4 is 16.8 Å². The Bertz CT molecular complexity index is 369. The summed E-state index contributed by atoms with van der Waals surface area (Å²) in [6.45, 7) is 4.39. The quantitative estimate of drug-likeness (QED) is 0.705. The molecule has 0 atom stereocenters. The van der Waals surface area contributed by atoms with Crippen molar-refractivity contribution in [1.29, 1.82) is 0 Å². The van der Waals surface area contributed by atoms with Gasteiger partial charge in [0.15, 0.2) is 0 Å². The normalized spacial score (nSPS) is 16.4. The minimum atomic E-state index is 0.0928. The highest BCUT2D eigenvalue weighted by Gasteiger charge is 2.37. The molecule has 0 radical (unpaired) electrons. The molecule has 1 fully saturated rings. The molecule has 4 nitrogen and oxygen atoms in total. The standard InChI is InChI=1S/C11H18N4/c1-11(2,7-3-4-7)15-9-6-5-8(12)10(13)14-9/h5-7H,3-4,12H2,1-2H3,(H3,13,14,15). The molecule has 1 aromatic heterocycles. The van der Waals surface area contributed by atoms with Gasteiger partial charge in [0.1, 0.15) is 11.6 Å². The third-order valence-electron chi connectivity index (χ3n) is 3.01. The summed E-state index contributed by atoms with van der Waals surface area (Å²) in [5.74, 6) is 1.95. The van der Waals surface area contributed by atoms with Crippen LogP contribution >= 0.6 is 0 Å². The lowest BCUT2D eigenvalue weighted by Gasteiger charge is -2.27. The van der Waals surface area contributed by atoms with Crippen molar-refractivity contribution in [1.82, 2.24) is 4.98 Å². The Balaban J connectivity index is 2.13. The zero-order valence-corrected chi connectivity index (χ0v) is 9.25. The van der Waals surface area contributed by atoms with Crippen LogP contribution in [0.25, 0.3) is 0 Å². The highest BCUT2D eigenvalue weighted by molar-refractivity contribution is 5.61. The summed E-state index contributed by atoms with van der Waals surface area (Å²) in [7, 11) is 0. The van der Waals surface area contributed by atoms with Crippen molar-refractivity contribution in [3.05, 3.63) is 12.1 Å². The second kappa shape index (κ2) is 3.29. The zero-order valence-electron chi connectivity index (χ0n) is 9.25. The van der Waals surface area contributed by atoms with E-state index in [1.807, 2.05) is 6.07 Å². The third kappa shape index (κ3) is 2.14. The molecule has 0 spiro atoms. The molecular formula is C11H18N4. The first-order valence-electron chi connectivity index (χ1n) is 5.29. The van der Waals surface area contributed by atoms with Crippen LogP contribution in [-0.4, -0.2) is 10.5 Å². The van der Waals surface area contributed by atoms with Gasteiger partial charge in [-0.1, -0.05) is 0 Å². The fraction of sp³-hybridized carbons (Fsp3) is 0.545. The van der Waals surface area contributed by atoms with E-state index in [-0.39, 0.29) is 5.54 Å². The van der Waals surface area contributed by atoms with E-state index >= 15 is 0 Å². The van der Waals surface area contributed by atoms with E-state index in [2.05, 4.69) is 24.1 Å². The molecule has 0 aromatic carbocycles. The van der Waals surface area contributed by atoms with E-state index in [1.165, 1.54) is 12.8 Å². The van der Waals surface area contributed by atoms with Crippen LogP contribution in [0.4, 0.5) is 17.3 Å². The molecule has 0 aliphatic heterocycles. The molecule has 82 valence electrons. The molecule has 5 N–H and O–H groups in total. The summed E-state index contributed by atoms with van der Waals surface area (Å²) in [4.78, 5) is 4.21. The monoisotopic (exact) mass is 206 g/mol. The van der Waals surface area contributed by atoms with E-state index in [9.17, 15) is 0 Å². The average Bonchev–Trinajstić information content (AvgIpc) is 2.93. The Labute approximate surface area is 90.1 Å². The summed E-state index contributed by atoms with van der Waals surface area (Å²) in [6.07, 6.45) is 2.59. The van der Waals surface area contributed by atoms with Crippen LogP contribution in [0.15, 0.2) is 12.1 Å². The number of pyridine rings is 1. The predicted molar refractivity (Wildman–Crippen MR) is 63.5 cm³/mol. The van der Waals surface area contributed by atoms with Crippen molar-refractivity contribution in [2.24, 2.45) is 5.92 Å². The lowest BCUT2D eigenvalue weighted by molar-refractivity contribution is 0.493. The van der Waals surface area contributed by atoms with E-state index in [1.54, 1.807) is 6.07 Å². The van der Waals surface area contributed by atoms with Crippen LogP contribution in [0.5, 0.6) is 0 Å². The van der Waals surface area contributed by atoms with Gasteiger partial charge >= 0.3 is 0 Å². The minimum absolute atomic E-state index is 0.0928. The molecule has 1 aliphatic rings. The number of nitrogens with one attached hydrogen (secondary N) is 1. The second-order valence-corrected chi connectivity index (χ2v) is 4.79. The summed E-state index contributed by atoms with van der Waals surface area (Å²) in [5, 5.41) is 3.40. The maximum Gasteiger partial charge on any atom is 0.149 e. The molecule has 1 heterocycles. The third-order valence-corrected chi connectivity index (χ3v) is 3.01. The van der Waals surface area contributed by atoms with Gasteiger partial charge in [-0.3, -0.25) is 0 Å². The number of nitrogens with zero attached hydrogens (tertiary/aromatic N) is 1. The number of nitrogen functional groups attached to an aromatic ring is 2. The molecule has 0 unspecified atom stereocenters. The summed E-state index contributed by atoms with van der Waals surface area (Å²) in [6, 6.07) is 3.66. The lowest BCUT2D eigenvalue weighted by atomic mass is 9.99. The summed E-state index contributed by atoms with van der Waals surface area (Å²) >= 11 is 0. The van der Waals surface area contributed by atoms with Crippen LogP contribution in [-0.2, 0) is 0 Å². The van der Waals surface area contributed by atoms with Gasteiger partial charge in [-0.15, -0.1) is 0 Å². The Hall–Kier alpha value is -1.45. The van der Waals surface area contributed by atoms with Gasteiger partial charge in [0, 0.05) is 5.54 Å². The van der Waals surface area contributed by atoms with Crippen LogP contribution in [0, 0.1) is 5.92 Å². The topological polar surface area (TPSA) is 77.0 Å². The lowest BCUT2D eigenvalue weighted by Crippen LogP contribution is -2.33. The fourth-order valence-corrected chi connectivity index (χ4v) is 1.79. The average molecular weight is 206 g/mol. The summed E-state index contributed by atoms with van der Waals surface area (Å²) in [5.41, 5.74) is 11.9. The molecule has 4 heteroatoms. The Morgan fingerprint density at radius 2 is 2.00 bits per heavy atom. The van der Waals surface area contributed by atoms with Crippen LogP contribution in [0.1, 0.15) is 26.7 Å². The van der Waals surface area contributed by atoms with Crippen molar-refractivity contribution in [2.75, 3.05) is 16.8 Å². The zero-order chi connectivity index (χ0) is 11.1. The van der Waals surface area contributed by atoms with Gasteiger partial charge in [-0.25, -0.2) is 4.98 Å². The van der Waals surface area contributed by atoms with E-state index < -0.39 is 0 Å². The molecule has 0 bridgehead atoms. The molecule has 2 rings (SSSR count). The van der Waals surface area contributed by atoms with E-state index in [4.69, 9.17) is 11.5 Å². The maximum absolute atomic E-state index is 5.66. The van der Waals surface area contributed by atoms with Crippen LogP contribution in [0.3, 0.4) is 0 Å². The minimum Gasteiger partial charge on any atom is -0.396 e. The van der Waals surface area contributed by atoms with Crippen molar-refractivity contribution >= 4 is 17.3 Å². The van der Waals surface area contributed by atoms with E-state index in [0.29, 0.717) is 11.5 Å². The van der Waals surface area contributed by atoms with Crippen molar-refractivity contribution < 1.29 is 0 Å². The molecule has 1 aliphatic carbocycles. The number of hydrogen-bond donors (Lipinski definition) is 3. The SMILES string of the molecule is CC(C)(Nc1ccc(N)c(N)n1)C1CC1. The van der Waals surface area contributed by atoms with E-state index in [0.717, 1.165) is 11.7 Å². The first-order valence-corrected chi connectivity index (χ1v) is 5.29. The maximum atomic E-state index is 5.66. The Morgan fingerprint density at radius 3 is 2.53 bits per heavy atom. The van der Waals surface area contributed by atoms with Crippen molar-refractivity contribution in [2.45, 2.75) is 32.2 Å². The number of anilines is 3. The Morgan fingerprint density at radius 1 is 1.33 bits per heavy atom. The summed E-state index contributed by atoms with van der Waals surface area (Å²) < 4.78 is 0. The van der Waals surface area contributed by atoms with Gasteiger partial charge in [0.05, 0.1) is 5.69 Å². The van der Waals surface area contributed by atoms with Crippen molar-refractivity contribution in [3.63, 3.8) is 0 Å². The molecule has 0 saturated heterocycles. The highest BCUT2D eigenvalue weighted by Crippen LogP contribution is 2.40. The fourth-order valence-electron chi connectivity index (χ4n) is 1.79. The van der Waals surface area contributed by atoms with Gasteiger partial charge < -0.3 is 16.8 Å². The molecule has 1 saturated carbocycles. The predicted octanol–water partition coefficient (Wildman–Crippen LogP) is 1.85. The number of rotatable bonds is 3. The van der Waals surface area contributed by atoms with Gasteiger partial charge in [-0.2, -0.15) is 0 Å². The number of aromatic nitrogens is 1. The first-order chi connectivity index (χ1) is 6.99. The largest absolute Gasteiger partial charge is 0.396 e.